The van der Waals surface area contributed by atoms with E-state index < -0.39 is 16.7 Å². The fraction of sp³-hybridized carbons (Fsp3) is 0.438. The fourth-order valence-corrected chi connectivity index (χ4v) is 2.07. The summed E-state index contributed by atoms with van der Waals surface area (Å²) in [6.07, 6.45) is 1.32. The van der Waals surface area contributed by atoms with E-state index in [0.29, 0.717) is 12.1 Å². The molecular weight excluding hydrogens is 314 g/mol. The first-order valence-electron chi connectivity index (χ1n) is 7.66. The SMILES string of the molecule is CCC[C@@H](C(=O)OCC)/C(C)=N/NC(=O)c1cccc([N+](=O)[O-])c1. The lowest BCUT2D eigenvalue weighted by Crippen LogP contribution is -2.28. The van der Waals surface area contributed by atoms with Gasteiger partial charge < -0.3 is 4.74 Å². The van der Waals surface area contributed by atoms with Crippen molar-refractivity contribution in [3.05, 3.63) is 39.9 Å². The lowest BCUT2D eigenvalue weighted by Gasteiger charge is -2.14. The zero-order chi connectivity index (χ0) is 18.1. The second-order valence-electron chi connectivity index (χ2n) is 5.09. The van der Waals surface area contributed by atoms with Crippen LogP contribution in [0.2, 0.25) is 0 Å². The van der Waals surface area contributed by atoms with E-state index in [4.69, 9.17) is 4.74 Å². The molecule has 8 heteroatoms. The zero-order valence-electron chi connectivity index (χ0n) is 13.9. The molecule has 0 saturated carbocycles. The van der Waals surface area contributed by atoms with E-state index >= 15 is 0 Å². The van der Waals surface area contributed by atoms with E-state index in [1.54, 1.807) is 13.8 Å². The number of nitrogens with zero attached hydrogens (tertiary/aromatic N) is 2. The maximum atomic E-state index is 12.0. The highest BCUT2D eigenvalue weighted by Crippen LogP contribution is 2.14. The summed E-state index contributed by atoms with van der Waals surface area (Å²) in [5.74, 6) is -1.50. The van der Waals surface area contributed by atoms with Crippen molar-refractivity contribution in [2.24, 2.45) is 11.0 Å². The summed E-state index contributed by atoms with van der Waals surface area (Å²) in [7, 11) is 0. The van der Waals surface area contributed by atoms with Crippen molar-refractivity contribution in [2.75, 3.05) is 6.61 Å². The van der Waals surface area contributed by atoms with Crippen LogP contribution in [0.25, 0.3) is 0 Å². The lowest BCUT2D eigenvalue weighted by molar-refractivity contribution is -0.384. The van der Waals surface area contributed by atoms with Gasteiger partial charge in [-0.1, -0.05) is 19.4 Å². The van der Waals surface area contributed by atoms with Crippen LogP contribution in [-0.4, -0.2) is 29.1 Å². The van der Waals surface area contributed by atoms with Crippen molar-refractivity contribution in [1.29, 1.82) is 0 Å². The van der Waals surface area contributed by atoms with Crippen molar-refractivity contribution in [3.8, 4) is 0 Å². The molecule has 130 valence electrons. The van der Waals surface area contributed by atoms with Gasteiger partial charge in [-0.05, 0) is 26.3 Å². The predicted molar refractivity (Wildman–Crippen MR) is 88.7 cm³/mol. The van der Waals surface area contributed by atoms with Gasteiger partial charge in [0.15, 0.2) is 0 Å². The number of amides is 1. The molecule has 1 atom stereocenters. The van der Waals surface area contributed by atoms with Crippen LogP contribution < -0.4 is 5.43 Å². The van der Waals surface area contributed by atoms with Gasteiger partial charge >= 0.3 is 5.97 Å². The average Bonchev–Trinajstić information content (AvgIpc) is 2.57. The van der Waals surface area contributed by atoms with E-state index in [-0.39, 0.29) is 23.8 Å². The molecule has 0 fully saturated rings. The molecule has 0 aromatic heterocycles. The van der Waals surface area contributed by atoms with E-state index in [1.165, 1.54) is 18.2 Å². The molecule has 1 amide bonds. The molecule has 1 aromatic rings. The molecule has 8 nitrogen and oxygen atoms in total. The number of ether oxygens (including phenoxy) is 1. The van der Waals surface area contributed by atoms with E-state index in [0.717, 1.165) is 12.5 Å². The minimum absolute atomic E-state index is 0.115. The third-order valence-corrected chi connectivity index (χ3v) is 3.31. The maximum Gasteiger partial charge on any atom is 0.314 e. The molecule has 1 aromatic carbocycles. The van der Waals surface area contributed by atoms with Crippen LogP contribution in [0.15, 0.2) is 29.4 Å². The van der Waals surface area contributed by atoms with Crippen molar-refractivity contribution in [2.45, 2.75) is 33.6 Å². The van der Waals surface area contributed by atoms with Gasteiger partial charge in [-0.25, -0.2) is 5.43 Å². The molecule has 0 heterocycles. The molecule has 0 aliphatic heterocycles. The van der Waals surface area contributed by atoms with E-state index in [9.17, 15) is 19.7 Å². The van der Waals surface area contributed by atoms with Gasteiger partial charge in [0.05, 0.1) is 17.4 Å². The highest BCUT2D eigenvalue weighted by molar-refractivity contribution is 6.02. The number of hydrazone groups is 1. The summed E-state index contributed by atoms with van der Waals surface area (Å²) >= 11 is 0. The van der Waals surface area contributed by atoms with Gasteiger partial charge in [0.1, 0.15) is 0 Å². The molecule has 0 bridgehead atoms. The molecule has 0 aliphatic carbocycles. The number of esters is 1. The molecular formula is C16H21N3O5. The summed E-state index contributed by atoms with van der Waals surface area (Å²) in [5, 5.41) is 14.7. The molecule has 1 rings (SSSR count). The van der Waals surface area contributed by atoms with Crippen LogP contribution in [0.4, 0.5) is 5.69 Å². The van der Waals surface area contributed by atoms with Crippen LogP contribution in [0.5, 0.6) is 0 Å². The van der Waals surface area contributed by atoms with E-state index in [2.05, 4.69) is 10.5 Å². The zero-order valence-corrected chi connectivity index (χ0v) is 13.9. The standard InChI is InChI=1S/C16H21N3O5/c1-4-7-14(16(21)24-5-2)11(3)17-18-15(20)12-8-6-9-13(10-12)19(22)23/h6,8-10,14H,4-5,7H2,1-3H3,(H,18,20)/b17-11+/t14-/m1/s1. The number of hydrogen-bond donors (Lipinski definition) is 1. The first kappa shape index (κ1) is 19.3. The predicted octanol–water partition coefficient (Wildman–Crippen LogP) is 2.68. The summed E-state index contributed by atoms with van der Waals surface area (Å²) < 4.78 is 5.00. The highest BCUT2D eigenvalue weighted by Gasteiger charge is 2.22. The van der Waals surface area contributed by atoms with Gasteiger partial charge in [0.25, 0.3) is 11.6 Å². The number of hydrogen-bond acceptors (Lipinski definition) is 6. The van der Waals surface area contributed by atoms with Crippen LogP contribution in [-0.2, 0) is 9.53 Å². The Morgan fingerprint density at radius 3 is 2.67 bits per heavy atom. The summed E-state index contributed by atoms with van der Waals surface area (Å²) in [6, 6.07) is 5.32. The van der Waals surface area contributed by atoms with Gasteiger partial charge in [0, 0.05) is 23.4 Å². The minimum Gasteiger partial charge on any atom is -0.465 e. The Balaban J connectivity index is 2.84. The third kappa shape index (κ3) is 5.45. The molecule has 1 N–H and O–H groups in total. The normalized spacial score (nSPS) is 12.4. The minimum atomic E-state index is -0.586. The van der Waals surface area contributed by atoms with Gasteiger partial charge in [-0.3, -0.25) is 19.7 Å². The number of benzene rings is 1. The fourth-order valence-electron chi connectivity index (χ4n) is 2.07. The Morgan fingerprint density at radius 1 is 1.38 bits per heavy atom. The maximum absolute atomic E-state index is 12.0. The number of non-ortho nitro benzene ring substituents is 1. The third-order valence-electron chi connectivity index (χ3n) is 3.31. The lowest BCUT2D eigenvalue weighted by atomic mass is 9.99. The Labute approximate surface area is 140 Å². The van der Waals surface area contributed by atoms with Crippen LogP contribution in [0.1, 0.15) is 44.0 Å². The largest absolute Gasteiger partial charge is 0.465 e. The average molecular weight is 335 g/mol. The number of nitro benzene ring substituents is 1. The number of nitro groups is 1. The van der Waals surface area contributed by atoms with Crippen LogP contribution in [0.3, 0.4) is 0 Å². The highest BCUT2D eigenvalue weighted by atomic mass is 16.6. The van der Waals surface area contributed by atoms with Crippen molar-refractivity contribution in [1.82, 2.24) is 5.43 Å². The summed E-state index contributed by atoms with van der Waals surface area (Å²) in [5.41, 5.74) is 2.68. The van der Waals surface area contributed by atoms with E-state index in [1.807, 2.05) is 6.92 Å². The monoisotopic (exact) mass is 335 g/mol. The topological polar surface area (TPSA) is 111 Å². The number of rotatable bonds is 8. The Morgan fingerprint density at radius 2 is 2.08 bits per heavy atom. The smallest absolute Gasteiger partial charge is 0.314 e. The Kier molecular flexibility index (Phi) is 7.54. The molecule has 0 saturated heterocycles. The van der Waals surface area contributed by atoms with Crippen LogP contribution >= 0.6 is 0 Å². The number of nitrogens with one attached hydrogen (secondary N) is 1. The molecule has 24 heavy (non-hydrogen) atoms. The Bertz CT molecular complexity index is 642. The van der Waals surface area contributed by atoms with Gasteiger partial charge in [-0.2, -0.15) is 5.10 Å². The molecule has 0 radical (unpaired) electrons. The van der Waals surface area contributed by atoms with Gasteiger partial charge in [-0.15, -0.1) is 0 Å². The molecule has 0 unspecified atom stereocenters. The second kappa shape index (κ2) is 9.39. The van der Waals surface area contributed by atoms with Crippen molar-refractivity contribution >= 4 is 23.3 Å². The molecule has 0 spiro atoms. The summed E-state index contributed by atoms with van der Waals surface area (Å²) in [4.78, 5) is 34.1. The molecule has 0 aliphatic rings. The first-order chi connectivity index (χ1) is 11.4. The number of carbonyl (C=O) groups is 2. The Hall–Kier alpha value is -2.77. The first-order valence-corrected chi connectivity index (χ1v) is 7.66. The van der Waals surface area contributed by atoms with Crippen molar-refractivity contribution in [3.63, 3.8) is 0 Å². The van der Waals surface area contributed by atoms with Crippen LogP contribution in [0, 0.1) is 16.0 Å². The second-order valence-corrected chi connectivity index (χ2v) is 5.09. The number of carbonyl (C=O) groups excluding carboxylic acids is 2. The van der Waals surface area contributed by atoms with Gasteiger partial charge in [0.2, 0.25) is 0 Å². The summed E-state index contributed by atoms with van der Waals surface area (Å²) in [6.45, 7) is 5.55. The van der Waals surface area contributed by atoms with Crippen molar-refractivity contribution < 1.29 is 19.2 Å². The quantitative estimate of drug-likeness (QED) is 0.340.